The topological polar surface area (TPSA) is 163 Å². The molecule has 4 aliphatic rings. The highest BCUT2D eigenvalue weighted by Crippen LogP contribution is 2.65. The number of hydrazine groups is 1. The Labute approximate surface area is 324 Å². The van der Waals surface area contributed by atoms with Gasteiger partial charge in [-0.05, 0) is 78.9 Å². The van der Waals surface area contributed by atoms with Gasteiger partial charge in [0.25, 0.3) is 11.8 Å². The smallest absolute Gasteiger partial charge is 0.335 e. The van der Waals surface area contributed by atoms with Crippen LogP contribution in [0.3, 0.4) is 0 Å². The summed E-state index contributed by atoms with van der Waals surface area (Å²) in [7, 11) is 2.95. The highest BCUT2D eigenvalue weighted by molar-refractivity contribution is 6.36. The fraction of sp³-hybridized carbons (Fsp3) is 0.244. The van der Waals surface area contributed by atoms with Crippen LogP contribution in [0, 0.1) is 23.7 Å². The van der Waals surface area contributed by atoms with Crippen LogP contribution in [0.15, 0.2) is 96.6 Å². The summed E-state index contributed by atoms with van der Waals surface area (Å²) in [6.45, 7) is 0. The van der Waals surface area contributed by atoms with Gasteiger partial charge in [-0.1, -0.05) is 59.1 Å². The zero-order valence-electron chi connectivity index (χ0n) is 29.4. The molecule has 8 rings (SSSR count). The maximum absolute atomic E-state index is 15.5. The molecule has 0 bridgehead atoms. The number of nitrogens with one attached hydrogen (secondary N) is 1. The van der Waals surface area contributed by atoms with E-state index in [0.29, 0.717) is 27.5 Å². The monoisotopic (exact) mass is 781 g/mol. The summed E-state index contributed by atoms with van der Waals surface area (Å²) >= 11 is 12.7. The lowest BCUT2D eigenvalue weighted by Crippen LogP contribution is -2.53. The Bertz CT molecular complexity index is 2350. The molecule has 4 amide bonds. The van der Waals surface area contributed by atoms with Gasteiger partial charge in [-0.25, -0.2) is 4.79 Å². The second-order valence-corrected chi connectivity index (χ2v) is 14.8. The van der Waals surface area contributed by atoms with Crippen molar-refractivity contribution < 1.29 is 43.7 Å². The van der Waals surface area contributed by atoms with E-state index < -0.39 is 64.6 Å². The van der Waals surface area contributed by atoms with E-state index in [0.717, 1.165) is 9.91 Å². The molecule has 4 aromatic carbocycles. The molecule has 1 saturated carbocycles. The van der Waals surface area contributed by atoms with E-state index in [2.05, 4.69) is 5.43 Å². The molecule has 2 aliphatic carbocycles. The highest BCUT2D eigenvalue weighted by Gasteiger charge is 2.70. The quantitative estimate of drug-likeness (QED) is 0.131. The van der Waals surface area contributed by atoms with Crippen LogP contribution in [0.4, 0.5) is 11.4 Å². The molecule has 2 aliphatic heterocycles. The lowest BCUT2D eigenvalue weighted by atomic mass is 9.49. The lowest BCUT2D eigenvalue weighted by Gasteiger charge is -2.50. The number of phenolic OH excluding ortho intramolecular Hbond substituents is 1. The number of rotatable bonds is 8. The van der Waals surface area contributed by atoms with Crippen molar-refractivity contribution in [1.29, 1.82) is 0 Å². The Morgan fingerprint density at radius 1 is 0.873 bits per heavy atom. The summed E-state index contributed by atoms with van der Waals surface area (Å²) in [5.41, 5.74) is 3.24. The van der Waals surface area contributed by atoms with E-state index in [-0.39, 0.29) is 46.3 Å². The van der Waals surface area contributed by atoms with Gasteiger partial charge in [-0.15, -0.1) is 0 Å². The van der Waals surface area contributed by atoms with Crippen LogP contribution in [-0.2, 0) is 24.6 Å². The average Bonchev–Trinajstić information content (AvgIpc) is 3.56. The van der Waals surface area contributed by atoms with Crippen molar-refractivity contribution in [2.45, 2.75) is 24.2 Å². The van der Waals surface area contributed by atoms with E-state index in [4.69, 9.17) is 32.7 Å². The third kappa shape index (κ3) is 5.45. The number of carboxylic acids is 1. The largest absolute Gasteiger partial charge is 0.508 e. The minimum atomic E-state index is -1.64. The molecular weight excluding hydrogens is 749 g/mol. The Morgan fingerprint density at radius 3 is 2.33 bits per heavy atom. The third-order valence-electron chi connectivity index (χ3n) is 11.5. The van der Waals surface area contributed by atoms with E-state index in [1.165, 1.54) is 56.7 Å². The molecule has 3 N–H and O–H groups in total. The number of allylic oxidation sites excluding steroid dienone is 2. The molecule has 280 valence electrons. The number of carboxylic acid groups (broad SMARTS) is 1. The van der Waals surface area contributed by atoms with E-state index in [9.17, 15) is 29.4 Å². The lowest BCUT2D eigenvalue weighted by molar-refractivity contribution is -0.138. The Morgan fingerprint density at radius 2 is 1.64 bits per heavy atom. The average molecular weight is 783 g/mol. The number of ether oxygens (including phenoxy) is 2. The first-order valence-electron chi connectivity index (χ1n) is 17.4. The zero-order chi connectivity index (χ0) is 38.9. The molecular formula is C41H33Cl2N3O9. The second-order valence-electron chi connectivity index (χ2n) is 14.0. The number of carbonyl (C=O) groups excluding carboxylic acids is 4. The normalized spacial score (nSPS) is 25.6. The summed E-state index contributed by atoms with van der Waals surface area (Å²) in [5.74, 6) is -7.22. The maximum Gasteiger partial charge on any atom is 0.335 e. The van der Waals surface area contributed by atoms with Gasteiger partial charge in [-0.3, -0.25) is 29.5 Å². The van der Waals surface area contributed by atoms with Gasteiger partial charge in [0.15, 0.2) is 0 Å². The van der Waals surface area contributed by atoms with Gasteiger partial charge < -0.3 is 19.7 Å². The van der Waals surface area contributed by atoms with Crippen LogP contribution >= 0.6 is 23.2 Å². The number of nitrogens with zero attached hydrogens (tertiary/aromatic N) is 2. The van der Waals surface area contributed by atoms with Crippen LogP contribution in [0.1, 0.15) is 40.2 Å². The van der Waals surface area contributed by atoms with Gasteiger partial charge in [0, 0.05) is 22.6 Å². The molecule has 4 aromatic rings. The molecule has 3 fully saturated rings. The molecule has 14 heteroatoms. The minimum absolute atomic E-state index is 0.00899. The summed E-state index contributed by atoms with van der Waals surface area (Å²) in [6.07, 6.45) is 2.03. The molecule has 0 radical (unpaired) electrons. The van der Waals surface area contributed by atoms with Gasteiger partial charge in [0.1, 0.15) is 17.2 Å². The third-order valence-corrected chi connectivity index (χ3v) is 12.0. The summed E-state index contributed by atoms with van der Waals surface area (Å²) in [4.78, 5) is 72.0. The van der Waals surface area contributed by atoms with Gasteiger partial charge in [0.2, 0.25) is 11.8 Å². The van der Waals surface area contributed by atoms with Crippen molar-refractivity contribution in [2.24, 2.45) is 23.7 Å². The summed E-state index contributed by atoms with van der Waals surface area (Å²) < 4.78 is 11.3. The van der Waals surface area contributed by atoms with Crippen molar-refractivity contribution in [3.63, 3.8) is 0 Å². The first kappa shape index (κ1) is 36.1. The molecule has 12 nitrogen and oxygen atoms in total. The zero-order valence-corrected chi connectivity index (χ0v) is 30.9. The van der Waals surface area contributed by atoms with Gasteiger partial charge in [-0.2, -0.15) is 5.01 Å². The van der Waals surface area contributed by atoms with Crippen molar-refractivity contribution in [3.05, 3.63) is 123 Å². The molecule has 0 aromatic heterocycles. The van der Waals surface area contributed by atoms with Crippen LogP contribution in [0.2, 0.25) is 10.0 Å². The Hall–Kier alpha value is -5.85. The fourth-order valence-corrected chi connectivity index (χ4v) is 9.61. The van der Waals surface area contributed by atoms with E-state index in [1.807, 2.05) is 6.08 Å². The number of anilines is 2. The highest BCUT2D eigenvalue weighted by atomic mass is 35.5. The Kier molecular flexibility index (Phi) is 8.85. The number of aromatic hydroxyl groups is 1. The molecule has 2 heterocycles. The number of fused-ring (bicyclic) bond motifs is 4. The van der Waals surface area contributed by atoms with E-state index in [1.54, 1.807) is 42.5 Å². The van der Waals surface area contributed by atoms with Crippen molar-refractivity contribution >= 4 is 64.2 Å². The maximum atomic E-state index is 15.5. The minimum Gasteiger partial charge on any atom is -0.508 e. The van der Waals surface area contributed by atoms with Crippen molar-refractivity contribution in [3.8, 4) is 17.2 Å². The number of imide groups is 2. The summed E-state index contributed by atoms with van der Waals surface area (Å²) in [6, 6.07) is 21.7. The number of aromatic carboxylic acids is 1. The number of hydrogen-bond acceptors (Lipinski definition) is 9. The number of methoxy groups -OCH3 is 2. The van der Waals surface area contributed by atoms with Gasteiger partial charge >= 0.3 is 5.97 Å². The predicted octanol–water partition coefficient (Wildman–Crippen LogP) is 6.60. The van der Waals surface area contributed by atoms with Crippen LogP contribution in [-0.4, -0.2) is 59.0 Å². The van der Waals surface area contributed by atoms with Gasteiger partial charge in [0.05, 0.1) is 59.3 Å². The van der Waals surface area contributed by atoms with Crippen LogP contribution in [0.5, 0.6) is 17.2 Å². The number of benzene rings is 4. The number of hydrogen-bond donors (Lipinski definition) is 3. The predicted molar refractivity (Wildman–Crippen MR) is 201 cm³/mol. The molecule has 6 unspecified atom stereocenters. The number of carbonyl (C=O) groups is 5. The van der Waals surface area contributed by atoms with Crippen molar-refractivity contribution in [1.82, 2.24) is 5.01 Å². The SMILES string of the molecule is COc1ccc(C23C(=O)N(Nc4ccc(Cl)cc4Cl)C(=O)C2CC2C(=CCC4C(=O)N(c5cccc(C(=O)O)c5)C(=O)C42)C3c2ccc(O)cc2OC)cc1. The van der Waals surface area contributed by atoms with E-state index >= 15 is 4.79 Å². The van der Waals surface area contributed by atoms with Crippen LogP contribution < -0.4 is 19.8 Å². The second kappa shape index (κ2) is 13.5. The summed E-state index contributed by atoms with van der Waals surface area (Å²) in [5, 5.41) is 21.7. The standard InChI is InChI=1S/C41H33Cl2N3O9/c1-54-25-10-6-21(7-11-25)41-30(37(49)46(40(41)53)44-32-15-8-22(42)17-31(32)43)19-29-26(35(41)27-12-9-24(47)18-33(27)55-2)13-14-28-34(29)38(50)45(36(28)48)23-5-3-4-20(16-23)39(51)52/h3-13,15-18,28-30,34-35,44,47H,14,19H2,1-2H3,(H,51,52). The molecule has 0 spiro atoms. The van der Waals surface area contributed by atoms with Crippen LogP contribution in [0.25, 0.3) is 0 Å². The molecule has 2 saturated heterocycles. The number of halogens is 2. The molecule has 55 heavy (non-hydrogen) atoms. The number of amides is 4. The first-order chi connectivity index (χ1) is 26.4. The molecule has 6 atom stereocenters. The number of phenols is 1. The first-order valence-corrected chi connectivity index (χ1v) is 18.2. The fourth-order valence-electron chi connectivity index (χ4n) is 9.16. The van der Waals surface area contributed by atoms with Crippen molar-refractivity contribution in [2.75, 3.05) is 24.5 Å². The Balaban J connectivity index is 1.34.